The Hall–Kier alpha value is -0.570. The second-order valence-corrected chi connectivity index (χ2v) is 5.42. The Morgan fingerprint density at radius 2 is 1.79 bits per heavy atom. The molecule has 0 saturated carbocycles. The second kappa shape index (κ2) is 10.2. The highest BCUT2D eigenvalue weighted by Crippen LogP contribution is 2.21. The fourth-order valence-corrected chi connectivity index (χ4v) is 2.39. The summed E-state index contributed by atoms with van der Waals surface area (Å²) in [6.45, 7) is 3.77. The number of unbranched alkanes of at least 4 members (excludes halogenated alkanes) is 5. The van der Waals surface area contributed by atoms with Gasteiger partial charge in [-0.15, -0.1) is 0 Å². The van der Waals surface area contributed by atoms with E-state index in [0.29, 0.717) is 11.6 Å². The van der Waals surface area contributed by atoms with E-state index in [1.165, 1.54) is 38.5 Å². The second-order valence-electron chi connectivity index (χ2n) is 5.01. The summed E-state index contributed by atoms with van der Waals surface area (Å²) in [4.78, 5) is 0. The highest BCUT2D eigenvalue weighted by atomic mass is 35.5. The summed E-state index contributed by atoms with van der Waals surface area (Å²) < 4.78 is 0. The number of aliphatic hydroxyl groups excluding tert-OH is 1. The highest BCUT2D eigenvalue weighted by Gasteiger charge is 2.09. The summed E-state index contributed by atoms with van der Waals surface area (Å²) in [5, 5.41) is 14.0. The van der Waals surface area contributed by atoms with Crippen molar-refractivity contribution in [3.05, 3.63) is 34.9 Å². The summed E-state index contributed by atoms with van der Waals surface area (Å²) in [7, 11) is 0. The van der Waals surface area contributed by atoms with Gasteiger partial charge in [0.05, 0.1) is 6.10 Å². The Morgan fingerprint density at radius 1 is 1.11 bits per heavy atom. The van der Waals surface area contributed by atoms with Crippen LogP contribution in [0.1, 0.15) is 57.1 Å². The van der Waals surface area contributed by atoms with Crippen LogP contribution in [0.15, 0.2) is 24.3 Å². The molecule has 0 aliphatic carbocycles. The van der Waals surface area contributed by atoms with Gasteiger partial charge in [0.1, 0.15) is 0 Å². The summed E-state index contributed by atoms with van der Waals surface area (Å²) in [6, 6.07) is 7.47. The van der Waals surface area contributed by atoms with E-state index >= 15 is 0 Å². The molecule has 3 heteroatoms. The number of halogens is 1. The summed E-state index contributed by atoms with van der Waals surface area (Å²) >= 11 is 6.04. The molecule has 0 bridgehead atoms. The van der Waals surface area contributed by atoms with E-state index in [9.17, 15) is 5.11 Å². The van der Waals surface area contributed by atoms with E-state index in [1.807, 2.05) is 24.3 Å². The Bertz CT molecular complexity index is 343. The smallest absolute Gasteiger partial charge is 0.0928 e. The predicted octanol–water partition coefficient (Wildman–Crippen LogP) is 4.32. The maximum atomic E-state index is 10.0. The van der Waals surface area contributed by atoms with Gasteiger partial charge in [0.2, 0.25) is 0 Å². The lowest BCUT2D eigenvalue weighted by Gasteiger charge is -2.13. The maximum absolute atomic E-state index is 10.0. The van der Waals surface area contributed by atoms with Gasteiger partial charge >= 0.3 is 0 Å². The van der Waals surface area contributed by atoms with Crippen molar-refractivity contribution in [2.45, 2.75) is 51.6 Å². The average molecular weight is 284 g/mol. The molecule has 0 aromatic heterocycles. The van der Waals surface area contributed by atoms with Crippen molar-refractivity contribution in [1.82, 2.24) is 5.32 Å². The standard InChI is InChI=1S/C16H26ClNO/c1-2-3-4-5-6-9-12-18-13-16(19)14-10-7-8-11-15(14)17/h7-8,10-11,16,18-19H,2-6,9,12-13H2,1H3. The first-order valence-electron chi connectivity index (χ1n) is 7.39. The third-order valence-electron chi connectivity index (χ3n) is 3.31. The van der Waals surface area contributed by atoms with Gasteiger partial charge in [-0.3, -0.25) is 0 Å². The van der Waals surface area contributed by atoms with Crippen LogP contribution in [0.5, 0.6) is 0 Å². The van der Waals surface area contributed by atoms with E-state index in [-0.39, 0.29) is 0 Å². The number of benzene rings is 1. The Morgan fingerprint density at radius 3 is 2.53 bits per heavy atom. The number of aliphatic hydroxyl groups is 1. The number of nitrogens with one attached hydrogen (secondary N) is 1. The first-order valence-corrected chi connectivity index (χ1v) is 7.76. The van der Waals surface area contributed by atoms with Crippen LogP contribution < -0.4 is 5.32 Å². The molecule has 0 aliphatic rings. The van der Waals surface area contributed by atoms with E-state index < -0.39 is 6.10 Å². The zero-order chi connectivity index (χ0) is 13.9. The van der Waals surface area contributed by atoms with E-state index in [2.05, 4.69) is 12.2 Å². The molecule has 0 radical (unpaired) electrons. The fraction of sp³-hybridized carbons (Fsp3) is 0.625. The number of hydrogen-bond acceptors (Lipinski definition) is 2. The molecule has 0 saturated heterocycles. The summed E-state index contributed by atoms with van der Waals surface area (Å²) in [5.41, 5.74) is 0.805. The molecule has 1 rings (SSSR count). The lowest BCUT2D eigenvalue weighted by Crippen LogP contribution is -2.22. The Kier molecular flexibility index (Phi) is 8.89. The third-order valence-corrected chi connectivity index (χ3v) is 3.65. The Labute approximate surface area is 122 Å². The topological polar surface area (TPSA) is 32.3 Å². The van der Waals surface area contributed by atoms with Gasteiger partial charge in [0.25, 0.3) is 0 Å². The molecule has 0 fully saturated rings. The first-order chi connectivity index (χ1) is 9.25. The van der Waals surface area contributed by atoms with Crippen molar-refractivity contribution in [3.8, 4) is 0 Å². The summed E-state index contributed by atoms with van der Waals surface area (Å²) in [6.07, 6.45) is 7.24. The third kappa shape index (κ3) is 6.95. The predicted molar refractivity (Wildman–Crippen MR) is 82.7 cm³/mol. The van der Waals surface area contributed by atoms with Crippen LogP contribution in [0.2, 0.25) is 5.02 Å². The van der Waals surface area contributed by atoms with Crippen molar-refractivity contribution in [2.24, 2.45) is 0 Å². The van der Waals surface area contributed by atoms with Crippen LogP contribution in [0.4, 0.5) is 0 Å². The minimum Gasteiger partial charge on any atom is -0.387 e. The lowest BCUT2D eigenvalue weighted by atomic mass is 10.1. The van der Waals surface area contributed by atoms with Gasteiger partial charge in [0, 0.05) is 17.1 Å². The van der Waals surface area contributed by atoms with E-state index in [4.69, 9.17) is 11.6 Å². The van der Waals surface area contributed by atoms with Crippen LogP contribution in [-0.2, 0) is 0 Å². The Balaban J connectivity index is 2.08. The zero-order valence-electron chi connectivity index (χ0n) is 11.9. The molecule has 0 heterocycles. The molecule has 0 spiro atoms. The van der Waals surface area contributed by atoms with Crippen LogP contribution in [0, 0.1) is 0 Å². The molecule has 1 atom stereocenters. The normalized spacial score (nSPS) is 12.6. The monoisotopic (exact) mass is 283 g/mol. The highest BCUT2D eigenvalue weighted by molar-refractivity contribution is 6.31. The molecular formula is C16H26ClNO. The minimum atomic E-state index is -0.520. The maximum Gasteiger partial charge on any atom is 0.0928 e. The van der Waals surface area contributed by atoms with Gasteiger partial charge < -0.3 is 10.4 Å². The molecular weight excluding hydrogens is 258 g/mol. The van der Waals surface area contributed by atoms with Crippen LogP contribution in [-0.4, -0.2) is 18.2 Å². The molecule has 2 nitrogen and oxygen atoms in total. The van der Waals surface area contributed by atoms with Gasteiger partial charge in [-0.2, -0.15) is 0 Å². The lowest BCUT2D eigenvalue weighted by molar-refractivity contribution is 0.175. The molecule has 1 aromatic carbocycles. The SMILES string of the molecule is CCCCCCCCNCC(O)c1ccccc1Cl. The molecule has 1 aromatic rings. The van der Waals surface area contributed by atoms with E-state index in [0.717, 1.165) is 12.1 Å². The zero-order valence-corrected chi connectivity index (χ0v) is 12.6. The number of rotatable bonds is 10. The van der Waals surface area contributed by atoms with Crippen molar-refractivity contribution in [2.75, 3.05) is 13.1 Å². The van der Waals surface area contributed by atoms with Crippen molar-refractivity contribution < 1.29 is 5.11 Å². The molecule has 108 valence electrons. The molecule has 19 heavy (non-hydrogen) atoms. The molecule has 0 aliphatic heterocycles. The average Bonchev–Trinajstić information content (AvgIpc) is 2.42. The first kappa shape index (κ1) is 16.5. The quantitative estimate of drug-likeness (QED) is 0.627. The number of hydrogen-bond donors (Lipinski definition) is 2. The van der Waals surface area contributed by atoms with Crippen molar-refractivity contribution >= 4 is 11.6 Å². The van der Waals surface area contributed by atoms with Crippen LogP contribution in [0.3, 0.4) is 0 Å². The van der Waals surface area contributed by atoms with Crippen LogP contribution >= 0.6 is 11.6 Å². The summed E-state index contributed by atoms with van der Waals surface area (Å²) in [5.74, 6) is 0. The molecule has 1 unspecified atom stereocenters. The van der Waals surface area contributed by atoms with Crippen molar-refractivity contribution in [3.63, 3.8) is 0 Å². The van der Waals surface area contributed by atoms with Crippen molar-refractivity contribution in [1.29, 1.82) is 0 Å². The molecule has 2 N–H and O–H groups in total. The van der Waals surface area contributed by atoms with Gasteiger partial charge in [0.15, 0.2) is 0 Å². The largest absolute Gasteiger partial charge is 0.387 e. The van der Waals surface area contributed by atoms with E-state index in [1.54, 1.807) is 0 Å². The van der Waals surface area contributed by atoms with Gasteiger partial charge in [-0.25, -0.2) is 0 Å². The van der Waals surface area contributed by atoms with Gasteiger partial charge in [-0.1, -0.05) is 68.8 Å². The fourth-order valence-electron chi connectivity index (χ4n) is 2.12. The minimum absolute atomic E-state index is 0.520. The van der Waals surface area contributed by atoms with Gasteiger partial charge in [-0.05, 0) is 19.0 Å². The van der Waals surface area contributed by atoms with Crippen LogP contribution in [0.25, 0.3) is 0 Å². The molecule has 0 amide bonds.